The van der Waals surface area contributed by atoms with E-state index in [9.17, 15) is 0 Å². The van der Waals surface area contributed by atoms with Crippen LogP contribution in [0.1, 0.15) is 13.8 Å². The predicted octanol–water partition coefficient (Wildman–Crippen LogP) is 4.23. The summed E-state index contributed by atoms with van der Waals surface area (Å²) in [5, 5.41) is 3.32. The molecule has 0 saturated heterocycles. The number of ether oxygens (including phenoxy) is 2. The van der Waals surface area contributed by atoms with E-state index in [-0.39, 0.29) is 6.10 Å². The zero-order valence-corrected chi connectivity index (χ0v) is 11.5. The second kappa shape index (κ2) is 6.14. The molecule has 0 atom stereocenters. The van der Waals surface area contributed by atoms with Crippen molar-refractivity contribution in [2.75, 3.05) is 12.4 Å². The van der Waals surface area contributed by atoms with Gasteiger partial charge in [0.1, 0.15) is 11.5 Å². The SMILES string of the molecule is COc1cccc(Nc2ccc(OC(C)C)cc2)c1. The maximum Gasteiger partial charge on any atom is 0.120 e. The molecule has 0 aromatic heterocycles. The fourth-order valence-electron chi connectivity index (χ4n) is 1.76. The molecular weight excluding hydrogens is 238 g/mol. The zero-order chi connectivity index (χ0) is 13.7. The Hall–Kier alpha value is -2.16. The third-order valence-electron chi connectivity index (χ3n) is 2.58. The molecule has 0 aliphatic carbocycles. The van der Waals surface area contributed by atoms with Gasteiger partial charge in [-0.3, -0.25) is 0 Å². The van der Waals surface area contributed by atoms with Crippen molar-refractivity contribution in [2.24, 2.45) is 0 Å². The molecule has 19 heavy (non-hydrogen) atoms. The van der Waals surface area contributed by atoms with Crippen LogP contribution in [-0.2, 0) is 0 Å². The van der Waals surface area contributed by atoms with Crippen LogP contribution in [0.15, 0.2) is 48.5 Å². The van der Waals surface area contributed by atoms with E-state index in [1.807, 2.05) is 62.4 Å². The Bertz CT molecular complexity index is 521. The lowest BCUT2D eigenvalue weighted by molar-refractivity contribution is 0.242. The first-order valence-electron chi connectivity index (χ1n) is 6.35. The standard InChI is InChI=1S/C16H19NO2/c1-12(2)19-15-9-7-13(8-10-15)17-14-5-4-6-16(11-14)18-3/h4-12,17H,1-3H3. The fourth-order valence-corrected chi connectivity index (χ4v) is 1.76. The fraction of sp³-hybridized carbons (Fsp3) is 0.250. The highest BCUT2D eigenvalue weighted by Gasteiger charge is 1.99. The highest BCUT2D eigenvalue weighted by atomic mass is 16.5. The summed E-state index contributed by atoms with van der Waals surface area (Å²) in [6.45, 7) is 4.03. The number of benzene rings is 2. The minimum atomic E-state index is 0.192. The minimum Gasteiger partial charge on any atom is -0.497 e. The molecule has 0 heterocycles. The third-order valence-corrected chi connectivity index (χ3v) is 2.58. The van der Waals surface area contributed by atoms with Gasteiger partial charge in [0.2, 0.25) is 0 Å². The molecule has 0 aliphatic heterocycles. The summed E-state index contributed by atoms with van der Waals surface area (Å²) in [4.78, 5) is 0. The van der Waals surface area contributed by atoms with E-state index in [1.165, 1.54) is 0 Å². The Morgan fingerprint density at radius 3 is 2.26 bits per heavy atom. The van der Waals surface area contributed by atoms with Crippen molar-refractivity contribution in [2.45, 2.75) is 20.0 Å². The Morgan fingerprint density at radius 1 is 0.895 bits per heavy atom. The van der Waals surface area contributed by atoms with Crippen LogP contribution in [0, 0.1) is 0 Å². The second-order valence-corrected chi connectivity index (χ2v) is 4.55. The van der Waals surface area contributed by atoms with E-state index in [4.69, 9.17) is 9.47 Å². The number of methoxy groups -OCH3 is 1. The Morgan fingerprint density at radius 2 is 1.63 bits per heavy atom. The van der Waals surface area contributed by atoms with Gasteiger partial charge >= 0.3 is 0 Å². The first-order valence-corrected chi connectivity index (χ1v) is 6.35. The first kappa shape index (κ1) is 13.3. The molecule has 0 spiro atoms. The molecule has 3 heteroatoms. The molecule has 0 saturated carbocycles. The van der Waals surface area contributed by atoms with Gasteiger partial charge in [-0.05, 0) is 50.2 Å². The van der Waals surface area contributed by atoms with Gasteiger partial charge in [-0.2, -0.15) is 0 Å². The normalized spacial score (nSPS) is 10.3. The van der Waals surface area contributed by atoms with Crippen LogP contribution in [0.2, 0.25) is 0 Å². The highest BCUT2D eigenvalue weighted by Crippen LogP contribution is 2.23. The van der Waals surface area contributed by atoms with Crippen molar-refractivity contribution in [3.8, 4) is 11.5 Å². The predicted molar refractivity (Wildman–Crippen MR) is 78.5 cm³/mol. The molecule has 0 aliphatic rings. The van der Waals surface area contributed by atoms with Gasteiger partial charge in [-0.15, -0.1) is 0 Å². The zero-order valence-electron chi connectivity index (χ0n) is 11.5. The highest BCUT2D eigenvalue weighted by molar-refractivity contribution is 5.61. The van der Waals surface area contributed by atoms with Crippen LogP contribution in [0.5, 0.6) is 11.5 Å². The Labute approximate surface area is 114 Å². The molecule has 0 bridgehead atoms. The summed E-state index contributed by atoms with van der Waals surface area (Å²) < 4.78 is 10.8. The largest absolute Gasteiger partial charge is 0.497 e. The molecular formula is C16H19NO2. The molecule has 3 nitrogen and oxygen atoms in total. The molecule has 0 fully saturated rings. The average molecular weight is 257 g/mol. The van der Waals surface area contributed by atoms with Crippen molar-refractivity contribution in [1.82, 2.24) is 0 Å². The van der Waals surface area contributed by atoms with Crippen molar-refractivity contribution < 1.29 is 9.47 Å². The van der Waals surface area contributed by atoms with Gasteiger partial charge in [-0.1, -0.05) is 6.07 Å². The van der Waals surface area contributed by atoms with Crippen LogP contribution >= 0.6 is 0 Å². The van der Waals surface area contributed by atoms with E-state index < -0.39 is 0 Å². The Balaban J connectivity index is 2.06. The molecule has 1 N–H and O–H groups in total. The lowest BCUT2D eigenvalue weighted by Crippen LogP contribution is -2.05. The van der Waals surface area contributed by atoms with E-state index in [2.05, 4.69) is 5.32 Å². The average Bonchev–Trinajstić information content (AvgIpc) is 2.41. The lowest BCUT2D eigenvalue weighted by atomic mass is 10.2. The molecule has 0 unspecified atom stereocenters. The maximum atomic E-state index is 5.61. The quantitative estimate of drug-likeness (QED) is 0.869. The van der Waals surface area contributed by atoms with Crippen LogP contribution in [0.3, 0.4) is 0 Å². The van der Waals surface area contributed by atoms with E-state index in [1.54, 1.807) is 7.11 Å². The smallest absolute Gasteiger partial charge is 0.120 e. The van der Waals surface area contributed by atoms with E-state index >= 15 is 0 Å². The summed E-state index contributed by atoms with van der Waals surface area (Å²) >= 11 is 0. The first-order chi connectivity index (χ1) is 9.17. The van der Waals surface area contributed by atoms with Gasteiger partial charge in [0, 0.05) is 17.4 Å². The summed E-state index contributed by atoms with van der Waals surface area (Å²) in [5.41, 5.74) is 2.02. The van der Waals surface area contributed by atoms with Crippen LogP contribution in [-0.4, -0.2) is 13.2 Å². The Kier molecular flexibility index (Phi) is 4.29. The van der Waals surface area contributed by atoms with Gasteiger partial charge in [0.15, 0.2) is 0 Å². The number of hydrogen-bond acceptors (Lipinski definition) is 3. The topological polar surface area (TPSA) is 30.5 Å². The number of anilines is 2. The van der Waals surface area contributed by atoms with Crippen LogP contribution < -0.4 is 14.8 Å². The maximum absolute atomic E-state index is 5.61. The third kappa shape index (κ3) is 3.91. The van der Waals surface area contributed by atoms with Gasteiger partial charge in [0.05, 0.1) is 13.2 Å². The summed E-state index contributed by atoms with van der Waals surface area (Å²) in [7, 11) is 1.66. The molecule has 2 rings (SSSR count). The number of hydrogen-bond donors (Lipinski definition) is 1. The van der Waals surface area contributed by atoms with Crippen LogP contribution in [0.25, 0.3) is 0 Å². The van der Waals surface area contributed by atoms with Crippen molar-refractivity contribution >= 4 is 11.4 Å². The number of nitrogens with one attached hydrogen (secondary N) is 1. The summed E-state index contributed by atoms with van der Waals surface area (Å²) in [5.74, 6) is 1.72. The molecule has 2 aromatic carbocycles. The molecule has 0 radical (unpaired) electrons. The van der Waals surface area contributed by atoms with Crippen molar-refractivity contribution in [3.63, 3.8) is 0 Å². The van der Waals surface area contributed by atoms with Crippen LogP contribution in [0.4, 0.5) is 11.4 Å². The molecule has 2 aromatic rings. The van der Waals surface area contributed by atoms with E-state index in [0.717, 1.165) is 22.9 Å². The van der Waals surface area contributed by atoms with Gasteiger partial charge in [0.25, 0.3) is 0 Å². The van der Waals surface area contributed by atoms with Crippen molar-refractivity contribution in [3.05, 3.63) is 48.5 Å². The van der Waals surface area contributed by atoms with E-state index in [0.29, 0.717) is 0 Å². The lowest BCUT2D eigenvalue weighted by Gasteiger charge is -2.11. The second-order valence-electron chi connectivity index (χ2n) is 4.55. The van der Waals surface area contributed by atoms with Gasteiger partial charge < -0.3 is 14.8 Å². The molecule has 100 valence electrons. The number of rotatable bonds is 5. The molecule has 0 amide bonds. The van der Waals surface area contributed by atoms with Crippen molar-refractivity contribution in [1.29, 1.82) is 0 Å². The summed E-state index contributed by atoms with van der Waals surface area (Å²) in [6.07, 6.45) is 0.192. The monoisotopic (exact) mass is 257 g/mol. The minimum absolute atomic E-state index is 0.192. The van der Waals surface area contributed by atoms with Gasteiger partial charge in [-0.25, -0.2) is 0 Å². The summed E-state index contributed by atoms with van der Waals surface area (Å²) in [6, 6.07) is 15.8.